The van der Waals surface area contributed by atoms with Crippen LogP contribution in [0.5, 0.6) is 11.5 Å². The van der Waals surface area contributed by atoms with E-state index in [-0.39, 0.29) is 12.7 Å². The molecule has 0 saturated carbocycles. The maximum Gasteiger partial charge on any atom is 0.240 e. The summed E-state index contributed by atoms with van der Waals surface area (Å²) < 4.78 is 10.4. The lowest BCUT2D eigenvalue weighted by Gasteiger charge is -1.98. The molecule has 0 saturated heterocycles. The molecule has 0 spiro atoms. The van der Waals surface area contributed by atoms with Crippen LogP contribution in [0, 0.1) is 0 Å². The van der Waals surface area contributed by atoms with Gasteiger partial charge in [0.1, 0.15) is 0 Å². The number of carbonyl (C=O) groups is 1. The van der Waals surface area contributed by atoms with Crippen molar-refractivity contribution in [2.45, 2.75) is 19.8 Å². The summed E-state index contributed by atoms with van der Waals surface area (Å²) in [6.45, 7) is 2.20. The Balaban J connectivity index is 1.95. The molecule has 0 aromatic heterocycles. The Hall–Kier alpha value is -2.04. The van der Waals surface area contributed by atoms with Crippen molar-refractivity contribution in [2.75, 3.05) is 6.79 Å². The number of benzene rings is 1. The van der Waals surface area contributed by atoms with E-state index >= 15 is 0 Å². The van der Waals surface area contributed by atoms with Crippen molar-refractivity contribution >= 4 is 12.1 Å². The third-order valence-corrected chi connectivity index (χ3v) is 2.28. The number of nitrogens with one attached hydrogen (secondary N) is 1. The number of carbonyl (C=O) groups excluding carboxylic acids is 1. The van der Waals surface area contributed by atoms with Crippen LogP contribution in [0.3, 0.4) is 0 Å². The predicted octanol–water partition coefficient (Wildman–Crippen LogP) is 1.67. The van der Waals surface area contributed by atoms with Crippen LogP contribution < -0.4 is 14.9 Å². The summed E-state index contributed by atoms with van der Waals surface area (Å²) in [6, 6.07) is 5.48. The summed E-state index contributed by atoms with van der Waals surface area (Å²) in [5.41, 5.74) is 3.31. The molecule has 1 N–H and O–H groups in total. The van der Waals surface area contributed by atoms with Crippen LogP contribution in [-0.2, 0) is 4.79 Å². The first-order chi connectivity index (χ1) is 8.29. The van der Waals surface area contributed by atoms with Crippen LogP contribution >= 0.6 is 0 Å². The van der Waals surface area contributed by atoms with Crippen LogP contribution in [0.15, 0.2) is 23.3 Å². The van der Waals surface area contributed by atoms with Crippen LogP contribution in [0.1, 0.15) is 25.3 Å². The Kier molecular flexibility index (Phi) is 3.59. The molecule has 0 aliphatic carbocycles. The molecule has 2 rings (SSSR count). The fourth-order valence-electron chi connectivity index (χ4n) is 1.46. The van der Waals surface area contributed by atoms with Crippen LogP contribution in [0.25, 0.3) is 0 Å². The van der Waals surface area contributed by atoms with E-state index in [0.717, 1.165) is 17.7 Å². The zero-order valence-electron chi connectivity index (χ0n) is 9.60. The zero-order chi connectivity index (χ0) is 12.1. The first kappa shape index (κ1) is 11.4. The third kappa shape index (κ3) is 2.96. The molecule has 0 bridgehead atoms. The molecule has 1 aromatic rings. The highest BCUT2D eigenvalue weighted by atomic mass is 16.7. The number of ether oxygens (including phenoxy) is 2. The number of hydrazone groups is 1. The van der Waals surface area contributed by atoms with Gasteiger partial charge in [-0.05, 0) is 30.2 Å². The Morgan fingerprint density at radius 3 is 3.12 bits per heavy atom. The molecular weight excluding hydrogens is 220 g/mol. The van der Waals surface area contributed by atoms with Gasteiger partial charge in [-0.3, -0.25) is 4.79 Å². The fraction of sp³-hybridized carbons (Fsp3) is 0.333. The topological polar surface area (TPSA) is 59.9 Å². The SMILES string of the molecule is CCCC(=O)N/N=C\c1ccc2c(c1)OCO2. The highest BCUT2D eigenvalue weighted by Crippen LogP contribution is 2.31. The second kappa shape index (κ2) is 5.34. The van der Waals surface area contributed by atoms with Crippen molar-refractivity contribution in [3.63, 3.8) is 0 Å². The summed E-state index contributed by atoms with van der Waals surface area (Å²) in [5, 5.41) is 3.86. The van der Waals surface area contributed by atoms with Crippen molar-refractivity contribution in [3.8, 4) is 11.5 Å². The van der Waals surface area contributed by atoms with Crippen LogP contribution in [-0.4, -0.2) is 18.9 Å². The summed E-state index contributed by atoms with van der Waals surface area (Å²) >= 11 is 0. The van der Waals surface area contributed by atoms with E-state index in [1.54, 1.807) is 6.21 Å². The molecule has 5 heteroatoms. The van der Waals surface area contributed by atoms with E-state index < -0.39 is 0 Å². The Labute approximate surface area is 99.4 Å². The van der Waals surface area contributed by atoms with E-state index in [2.05, 4.69) is 10.5 Å². The van der Waals surface area contributed by atoms with Gasteiger partial charge in [0, 0.05) is 6.42 Å². The lowest BCUT2D eigenvalue weighted by atomic mass is 10.2. The number of hydrogen-bond donors (Lipinski definition) is 1. The van der Waals surface area contributed by atoms with E-state index in [4.69, 9.17) is 9.47 Å². The zero-order valence-corrected chi connectivity index (χ0v) is 9.60. The Morgan fingerprint density at radius 1 is 1.47 bits per heavy atom. The summed E-state index contributed by atoms with van der Waals surface area (Å²) in [4.78, 5) is 11.2. The van der Waals surface area contributed by atoms with E-state index in [1.165, 1.54) is 0 Å². The van der Waals surface area contributed by atoms with Gasteiger partial charge in [0.05, 0.1) is 6.21 Å². The van der Waals surface area contributed by atoms with Gasteiger partial charge in [0.25, 0.3) is 0 Å². The Morgan fingerprint density at radius 2 is 2.29 bits per heavy atom. The van der Waals surface area contributed by atoms with Crippen molar-refractivity contribution in [2.24, 2.45) is 5.10 Å². The molecule has 17 heavy (non-hydrogen) atoms. The Bertz CT molecular complexity index is 443. The van der Waals surface area contributed by atoms with Crippen molar-refractivity contribution in [3.05, 3.63) is 23.8 Å². The molecule has 0 atom stereocenters. The predicted molar refractivity (Wildman–Crippen MR) is 63.2 cm³/mol. The minimum Gasteiger partial charge on any atom is -0.454 e. The quantitative estimate of drug-likeness (QED) is 0.636. The number of rotatable bonds is 4. The number of amides is 1. The molecule has 0 unspecified atom stereocenters. The number of hydrogen-bond acceptors (Lipinski definition) is 4. The average Bonchev–Trinajstić information content (AvgIpc) is 2.76. The normalized spacial score (nSPS) is 13.0. The minimum absolute atomic E-state index is 0.0792. The van der Waals surface area contributed by atoms with Gasteiger partial charge in [-0.15, -0.1) is 0 Å². The van der Waals surface area contributed by atoms with Gasteiger partial charge in [-0.2, -0.15) is 5.10 Å². The largest absolute Gasteiger partial charge is 0.454 e. The first-order valence-corrected chi connectivity index (χ1v) is 5.51. The maximum absolute atomic E-state index is 11.2. The molecule has 1 amide bonds. The average molecular weight is 234 g/mol. The van der Waals surface area contributed by atoms with E-state index in [9.17, 15) is 4.79 Å². The van der Waals surface area contributed by atoms with Crippen molar-refractivity contribution in [1.82, 2.24) is 5.43 Å². The highest BCUT2D eigenvalue weighted by Gasteiger charge is 2.12. The highest BCUT2D eigenvalue weighted by molar-refractivity contribution is 5.83. The molecule has 0 fully saturated rings. The number of fused-ring (bicyclic) bond motifs is 1. The fourth-order valence-corrected chi connectivity index (χ4v) is 1.46. The molecule has 5 nitrogen and oxygen atoms in total. The summed E-state index contributed by atoms with van der Waals surface area (Å²) in [5.74, 6) is 1.36. The van der Waals surface area contributed by atoms with Crippen LogP contribution in [0.2, 0.25) is 0 Å². The second-order valence-corrected chi connectivity index (χ2v) is 3.66. The molecule has 1 aliphatic heterocycles. The van der Waals surface area contributed by atoms with E-state index in [1.807, 2.05) is 25.1 Å². The molecule has 90 valence electrons. The number of nitrogens with zero attached hydrogens (tertiary/aromatic N) is 1. The lowest BCUT2D eigenvalue weighted by molar-refractivity contribution is -0.121. The smallest absolute Gasteiger partial charge is 0.240 e. The molecular formula is C12H14N2O3. The molecule has 1 aromatic carbocycles. The summed E-state index contributed by atoms with van der Waals surface area (Å²) in [7, 11) is 0. The lowest BCUT2D eigenvalue weighted by Crippen LogP contribution is -2.16. The first-order valence-electron chi connectivity index (χ1n) is 5.51. The minimum atomic E-state index is -0.0792. The van der Waals surface area contributed by atoms with E-state index in [0.29, 0.717) is 12.2 Å². The van der Waals surface area contributed by atoms with Gasteiger partial charge < -0.3 is 9.47 Å². The molecule has 1 heterocycles. The maximum atomic E-state index is 11.2. The van der Waals surface area contributed by atoms with Crippen molar-refractivity contribution < 1.29 is 14.3 Å². The van der Waals surface area contributed by atoms with Gasteiger partial charge in [0.15, 0.2) is 11.5 Å². The van der Waals surface area contributed by atoms with Crippen LogP contribution in [0.4, 0.5) is 0 Å². The van der Waals surface area contributed by atoms with Gasteiger partial charge in [-0.25, -0.2) is 5.43 Å². The third-order valence-electron chi connectivity index (χ3n) is 2.28. The van der Waals surface area contributed by atoms with Gasteiger partial charge in [0.2, 0.25) is 12.7 Å². The monoisotopic (exact) mass is 234 g/mol. The molecule has 0 radical (unpaired) electrons. The summed E-state index contributed by atoms with van der Waals surface area (Å²) in [6.07, 6.45) is 2.87. The second-order valence-electron chi connectivity index (χ2n) is 3.66. The van der Waals surface area contributed by atoms with Crippen molar-refractivity contribution in [1.29, 1.82) is 0 Å². The molecule has 1 aliphatic rings. The van der Waals surface area contributed by atoms with Gasteiger partial charge >= 0.3 is 0 Å². The van der Waals surface area contributed by atoms with Gasteiger partial charge in [-0.1, -0.05) is 6.92 Å². The standard InChI is InChI=1S/C12H14N2O3/c1-2-3-12(15)14-13-7-9-4-5-10-11(6-9)17-8-16-10/h4-7H,2-3,8H2,1H3,(H,14,15)/b13-7-.